The van der Waals surface area contributed by atoms with Crippen molar-refractivity contribution in [1.82, 2.24) is 0 Å². The molecule has 1 N–H and O–H groups in total. The maximum atomic E-state index is 11.9. The van der Waals surface area contributed by atoms with Crippen molar-refractivity contribution in [3.8, 4) is 5.75 Å². The van der Waals surface area contributed by atoms with Crippen molar-refractivity contribution in [3.63, 3.8) is 0 Å². The van der Waals surface area contributed by atoms with E-state index in [2.05, 4.69) is 26.0 Å². The Morgan fingerprint density at radius 2 is 1.96 bits per heavy atom. The minimum atomic E-state index is -0.454. The zero-order valence-electron chi connectivity index (χ0n) is 12.8. The average Bonchev–Trinajstić information content (AvgIpc) is 2.56. The Bertz CT molecular complexity index is 730. The van der Waals surface area contributed by atoms with Gasteiger partial charge < -0.3 is 14.8 Å². The van der Waals surface area contributed by atoms with Crippen molar-refractivity contribution in [3.05, 3.63) is 58.1 Å². The summed E-state index contributed by atoms with van der Waals surface area (Å²) in [6.07, 6.45) is 0. The molecule has 120 valence electrons. The molecule has 23 heavy (non-hydrogen) atoms. The fourth-order valence-corrected chi connectivity index (χ4v) is 2.23. The Hall–Kier alpha value is -2.34. The van der Waals surface area contributed by atoms with Gasteiger partial charge in [0.2, 0.25) is 0 Å². The van der Waals surface area contributed by atoms with Crippen LogP contribution in [0.3, 0.4) is 0 Å². The van der Waals surface area contributed by atoms with Crippen LogP contribution in [-0.2, 0) is 9.53 Å². The highest BCUT2D eigenvalue weighted by molar-refractivity contribution is 9.10. The van der Waals surface area contributed by atoms with Crippen LogP contribution in [0.5, 0.6) is 5.75 Å². The molecule has 0 unspecified atom stereocenters. The Kier molecular flexibility index (Phi) is 5.76. The number of benzene rings is 2. The van der Waals surface area contributed by atoms with Crippen LogP contribution in [0.25, 0.3) is 0 Å². The van der Waals surface area contributed by atoms with Crippen molar-refractivity contribution < 1.29 is 19.1 Å². The van der Waals surface area contributed by atoms with Gasteiger partial charge in [0, 0.05) is 10.2 Å². The first-order valence-corrected chi connectivity index (χ1v) is 7.66. The number of nitrogens with one attached hydrogen (secondary N) is 1. The molecule has 0 saturated heterocycles. The largest absolute Gasteiger partial charge is 0.484 e. The molecule has 1 amide bonds. The number of esters is 1. The van der Waals surface area contributed by atoms with E-state index in [0.29, 0.717) is 17.0 Å². The lowest BCUT2D eigenvalue weighted by Gasteiger charge is -2.09. The van der Waals surface area contributed by atoms with E-state index < -0.39 is 5.97 Å². The van der Waals surface area contributed by atoms with Crippen LogP contribution < -0.4 is 10.1 Å². The van der Waals surface area contributed by atoms with Gasteiger partial charge in [-0.2, -0.15) is 0 Å². The standard InChI is InChI=1S/C17H16BrNO4/c1-11-6-7-13(9-15(11)18)19-16(20)10-23-14-5-3-4-12(8-14)17(21)22-2/h3-9H,10H2,1-2H3,(H,19,20). The van der Waals surface area contributed by atoms with Gasteiger partial charge in [0.1, 0.15) is 5.75 Å². The van der Waals surface area contributed by atoms with Crippen molar-refractivity contribution in [2.45, 2.75) is 6.92 Å². The normalized spacial score (nSPS) is 10.0. The van der Waals surface area contributed by atoms with E-state index in [1.165, 1.54) is 13.2 Å². The summed E-state index contributed by atoms with van der Waals surface area (Å²) in [6.45, 7) is 1.81. The molecule has 0 aliphatic rings. The molecular formula is C17H16BrNO4. The third-order valence-corrected chi connectivity index (χ3v) is 3.93. The summed E-state index contributed by atoms with van der Waals surface area (Å²) >= 11 is 3.41. The van der Waals surface area contributed by atoms with E-state index in [4.69, 9.17) is 4.74 Å². The number of anilines is 1. The van der Waals surface area contributed by atoms with Crippen molar-refractivity contribution in [2.75, 3.05) is 19.0 Å². The molecule has 2 aromatic rings. The summed E-state index contributed by atoms with van der Waals surface area (Å²) in [7, 11) is 1.31. The molecule has 2 rings (SSSR count). The molecule has 0 saturated carbocycles. The molecule has 5 nitrogen and oxygen atoms in total. The predicted molar refractivity (Wildman–Crippen MR) is 90.8 cm³/mol. The number of ether oxygens (including phenoxy) is 2. The number of methoxy groups -OCH3 is 1. The first-order valence-electron chi connectivity index (χ1n) is 6.87. The second kappa shape index (κ2) is 7.78. The van der Waals surface area contributed by atoms with Gasteiger partial charge in [0.25, 0.3) is 5.91 Å². The summed E-state index contributed by atoms with van der Waals surface area (Å²) in [6, 6.07) is 12.0. The lowest BCUT2D eigenvalue weighted by atomic mass is 10.2. The van der Waals surface area contributed by atoms with Gasteiger partial charge in [-0.3, -0.25) is 4.79 Å². The van der Waals surface area contributed by atoms with E-state index in [9.17, 15) is 9.59 Å². The molecule has 6 heteroatoms. The number of amides is 1. The number of carbonyl (C=O) groups is 2. The van der Waals surface area contributed by atoms with Crippen LogP contribution in [0.2, 0.25) is 0 Å². The van der Waals surface area contributed by atoms with Gasteiger partial charge in [-0.05, 0) is 42.8 Å². The first kappa shape index (κ1) is 17.0. The lowest BCUT2D eigenvalue weighted by molar-refractivity contribution is -0.118. The second-order valence-corrected chi connectivity index (χ2v) is 5.67. The predicted octanol–water partition coefficient (Wildman–Crippen LogP) is 3.56. The second-order valence-electron chi connectivity index (χ2n) is 4.82. The zero-order valence-corrected chi connectivity index (χ0v) is 14.3. The molecule has 0 bridgehead atoms. The third-order valence-electron chi connectivity index (χ3n) is 3.08. The molecule has 0 fully saturated rings. The smallest absolute Gasteiger partial charge is 0.337 e. The number of aryl methyl sites for hydroxylation is 1. The number of halogens is 1. The van der Waals surface area contributed by atoms with Gasteiger partial charge in [-0.1, -0.05) is 28.1 Å². The van der Waals surface area contributed by atoms with E-state index >= 15 is 0 Å². The third kappa shape index (κ3) is 4.82. The minimum absolute atomic E-state index is 0.157. The van der Waals surface area contributed by atoms with Crippen molar-refractivity contribution >= 4 is 33.5 Å². The molecule has 0 atom stereocenters. The molecule has 0 aliphatic heterocycles. The molecule has 0 spiro atoms. The van der Waals surface area contributed by atoms with Crippen LogP contribution >= 0.6 is 15.9 Å². The van der Waals surface area contributed by atoms with Crippen LogP contribution in [0.15, 0.2) is 46.9 Å². The summed E-state index contributed by atoms with van der Waals surface area (Å²) in [5.41, 5.74) is 2.13. The fraction of sp³-hybridized carbons (Fsp3) is 0.176. The molecule has 0 heterocycles. The van der Waals surface area contributed by atoms with E-state index in [1.54, 1.807) is 18.2 Å². The summed E-state index contributed by atoms with van der Waals surface area (Å²) in [4.78, 5) is 23.4. The Morgan fingerprint density at radius 1 is 1.17 bits per heavy atom. The average molecular weight is 378 g/mol. The van der Waals surface area contributed by atoms with Crippen LogP contribution in [-0.4, -0.2) is 25.6 Å². The number of rotatable bonds is 5. The lowest BCUT2D eigenvalue weighted by Crippen LogP contribution is -2.20. The monoisotopic (exact) mass is 377 g/mol. The van der Waals surface area contributed by atoms with E-state index in [1.807, 2.05) is 25.1 Å². The molecule has 2 aromatic carbocycles. The van der Waals surface area contributed by atoms with E-state index in [-0.39, 0.29) is 12.5 Å². The Balaban J connectivity index is 1.94. The van der Waals surface area contributed by atoms with Gasteiger partial charge in [-0.15, -0.1) is 0 Å². The fourth-order valence-electron chi connectivity index (χ4n) is 1.85. The van der Waals surface area contributed by atoms with Crippen LogP contribution in [0, 0.1) is 6.92 Å². The van der Waals surface area contributed by atoms with E-state index in [0.717, 1.165) is 10.0 Å². The van der Waals surface area contributed by atoms with Crippen molar-refractivity contribution in [1.29, 1.82) is 0 Å². The Labute approximate surface area is 142 Å². The summed E-state index contributed by atoms with van der Waals surface area (Å²) < 4.78 is 11.0. The number of hydrogen-bond donors (Lipinski definition) is 1. The SMILES string of the molecule is COC(=O)c1cccc(OCC(=O)Nc2ccc(C)c(Br)c2)c1. The zero-order chi connectivity index (χ0) is 16.8. The maximum absolute atomic E-state index is 11.9. The van der Waals surface area contributed by atoms with Gasteiger partial charge in [0.05, 0.1) is 12.7 Å². The molecule has 0 radical (unpaired) electrons. The summed E-state index contributed by atoms with van der Waals surface area (Å²) in [5.74, 6) is -0.318. The van der Waals surface area contributed by atoms with Gasteiger partial charge in [-0.25, -0.2) is 4.79 Å². The Morgan fingerprint density at radius 3 is 2.65 bits per heavy atom. The summed E-state index contributed by atoms with van der Waals surface area (Å²) in [5, 5.41) is 2.74. The molecule has 0 aromatic heterocycles. The number of carbonyl (C=O) groups excluding carboxylic acids is 2. The van der Waals surface area contributed by atoms with Gasteiger partial charge in [0.15, 0.2) is 6.61 Å². The van der Waals surface area contributed by atoms with Gasteiger partial charge >= 0.3 is 5.97 Å². The maximum Gasteiger partial charge on any atom is 0.337 e. The van der Waals surface area contributed by atoms with Crippen LogP contribution in [0.1, 0.15) is 15.9 Å². The first-order chi connectivity index (χ1) is 11.0. The van der Waals surface area contributed by atoms with Crippen LogP contribution in [0.4, 0.5) is 5.69 Å². The quantitative estimate of drug-likeness (QED) is 0.809. The van der Waals surface area contributed by atoms with Crippen molar-refractivity contribution in [2.24, 2.45) is 0 Å². The highest BCUT2D eigenvalue weighted by Gasteiger charge is 2.08. The topological polar surface area (TPSA) is 64.6 Å². The highest BCUT2D eigenvalue weighted by atomic mass is 79.9. The molecular weight excluding hydrogens is 362 g/mol. The minimum Gasteiger partial charge on any atom is -0.484 e. The number of hydrogen-bond acceptors (Lipinski definition) is 4. The highest BCUT2D eigenvalue weighted by Crippen LogP contribution is 2.20. The molecule has 0 aliphatic carbocycles.